The average molecular weight is 344 g/mol. The van der Waals surface area contributed by atoms with Crippen molar-refractivity contribution in [3.8, 4) is 6.07 Å². The van der Waals surface area contributed by atoms with Crippen LogP contribution in [0.2, 0.25) is 0 Å². The van der Waals surface area contributed by atoms with Crippen molar-refractivity contribution in [2.24, 2.45) is 0 Å². The first-order valence-corrected chi connectivity index (χ1v) is 8.39. The molecule has 0 spiro atoms. The highest BCUT2D eigenvalue weighted by molar-refractivity contribution is 7.99. The van der Waals surface area contributed by atoms with Gasteiger partial charge in [0.1, 0.15) is 0 Å². The topological polar surface area (TPSA) is 110 Å². The molecule has 126 valence electrons. The van der Waals surface area contributed by atoms with E-state index in [0.717, 1.165) is 5.56 Å². The fraction of sp³-hybridized carbons (Fsp3) is 0.375. The molecule has 0 aliphatic carbocycles. The molecule has 0 atom stereocenters. The smallest absolute Gasteiger partial charge is 0.234 e. The van der Waals surface area contributed by atoms with Crippen LogP contribution in [0.4, 0.5) is 5.69 Å². The van der Waals surface area contributed by atoms with Crippen molar-refractivity contribution < 1.29 is 4.79 Å². The molecule has 1 aromatic carbocycles. The number of carbonyl (C=O) groups is 1. The number of carbonyl (C=O) groups excluding carboxylic acids is 1. The van der Waals surface area contributed by atoms with Crippen LogP contribution >= 0.6 is 11.8 Å². The molecule has 0 aliphatic heterocycles. The average Bonchev–Trinajstić information content (AvgIpc) is 2.88. The van der Waals surface area contributed by atoms with Crippen molar-refractivity contribution >= 4 is 23.4 Å². The molecule has 0 aliphatic rings. The molecule has 24 heavy (non-hydrogen) atoms. The van der Waals surface area contributed by atoms with Crippen molar-refractivity contribution in [2.45, 2.75) is 37.8 Å². The van der Waals surface area contributed by atoms with Gasteiger partial charge in [0.2, 0.25) is 11.1 Å². The summed E-state index contributed by atoms with van der Waals surface area (Å²) in [5.74, 6) is 6.67. The van der Waals surface area contributed by atoms with Gasteiger partial charge in [-0.05, 0) is 17.7 Å². The molecule has 0 saturated carbocycles. The van der Waals surface area contributed by atoms with Gasteiger partial charge in [0.25, 0.3) is 0 Å². The van der Waals surface area contributed by atoms with Crippen molar-refractivity contribution in [1.82, 2.24) is 14.9 Å². The number of hydrogen-bond donors (Lipinski definition) is 2. The van der Waals surface area contributed by atoms with Gasteiger partial charge in [0, 0.05) is 11.1 Å². The maximum atomic E-state index is 12.0. The second kappa shape index (κ2) is 7.36. The molecule has 0 radical (unpaired) electrons. The summed E-state index contributed by atoms with van der Waals surface area (Å²) in [6.45, 7) is 5.99. The van der Waals surface area contributed by atoms with E-state index in [2.05, 4.69) is 21.6 Å². The van der Waals surface area contributed by atoms with Crippen LogP contribution in [-0.2, 0) is 16.6 Å². The number of nitrogen functional groups attached to an aromatic ring is 1. The summed E-state index contributed by atoms with van der Waals surface area (Å²) in [4.78, 5) is 12.0. The Morgan fingerprint density at radius 2 is 2.00 bits per heavy atom. The van der Waals surface area contributed by atoms with Crippen molar-refractivity contribution in [2.75, 3.05) is 16.9 Å². The number of amides is 1. The van der Waals surface area contributed by atoms with Gasteiger partial charge in [-0.25, -0.2) is 4.68 Å². The Labute approximate surface area is 145 Å². The lowest BCUT2D eigenvalue weighted by Crippen LogP contribution is -2.24. The van der Waals surface area contributed by atoms with E-state index in [4.69, 9.17) is 11.1 Å². The number of nitrogens with zero attached hydrogens (tertiary/aromatic N) is 4. The normalized spacial score (nSPS) is 11.1. The van der Waals surface area contributed by atoms with Crippen LogP contribution in [0.3, 0.4) is 0 Å². The van der Waals surface area contributed by atoms with E-state index in [1.165, 1.54) is 16.4 Å². The van der Waals surface area contributed by atoms with Crippen molar-refractivity contribution in [3.63, 3.8) is 0 Å². The van der Waals surface area contributed by atoms with Crippen LogP contribution in [0.5, 0.6) is 0 Å². The Bertz CT molecular complexity index is 754. The fourth-order valence-corrected chi connectivity index (χ4v) is 2.67. The summed E-state index contributed by atoms with van der Waals surface area (Å²) in [6, 6.07) is 9.27. The molecular weight excluding hydrogens is 324 g/mol. The van der Waals surface area contributed by atoms with Crippen LogP contribution in [0.25, 0.3) is 0 Å². The summed E-state index contributed by atoms with van der Waals surface area (Å²) in [5.41, 5.74) is 1.39. The molecule has 7 nitrogen and oxygen atoms in total. The zero-order valence-electron chi connectivity index (χ0n) is 13.9. The molecule has 0 fully saturated rings. The molecule has 2 rings (SSSR count). The van der Waals surface area contributed by atoms with Gasteiger partial charge < -0.3 is 11.2 Å². The highest BCUT2D eigenvalue weighted by Gasteiger charge is 2.23. The predicted molar refractivity (Wildman–Crippen MR) is 94.0 cm³/mol. The number of aromatic nitrogens is 3. The van der Waals surface area contributed by atoms with Crippen molar-refractivity contribution in [1.29, 1.82) is 5.26 Å². The number of benzene rings is 1. The number of thioether (sulfide) groups is 1. The zero-order valence-corrected chi connectivity index (χ0v) is 14.7. The first-order valence-electron chi connectivity index (χ1n) is 7.41. The summed E-state index contributed by atoms with van der Waals surface area (Å²) in [7, 11) is 0. The highest BCUT2D eigenvalue weighted by atomic mass is 32.2. The molecule has 3 N–H and O–H groups in total. The van der Waals surface area contributed by atoms with E-state index in [1.807, 2.05) is 32.9 Å². The van der Waals surface area contributed by atoms with Gasteiger partial charge >= 0.3 is 0 Å². The first-order chi connectivity index (χ1) is 11.3. The van der Waals surface area contributed by atoms with E-state index >= 15 is 0 Å². The third-order valence-electron chi connectivity index (χ3n) is 3.19. The van der Waals surface area contributed by atoms with Gasteiger partial charge in [-0.3, -0.25) is 4.79 Å². The highest BCUT2D eigenvalue weighted by Crippen LogP contribution is 2.23. The summed E-state index contributed by atoms with van der Waals surface area (Å²) in [5, 5.41) is 20.1. The second-order valence-corrected chi connectivity index (χ2v) is 7.24. The lowest BCUT2D eigenvalue weighted by Gasteiger charge is -2.16. The quantitative estimate of drug-likeness (QED) is 0.635. The number of nitrogens with two attached hydrogens (primary N) is 1. The maximum absolute atomic E-state index is 12.0. The first kappa shape index (κ1) is 17.8. The van der Waals surface area contributed by atoms with E-state index < -0.39 is 0 Å². The van der Waals surface area contributed by atoms with Crippen LogP contribution in [0.15, 0.2) is 29.4 Å². The molecule has 8 heteroatoms. The number of nitrogens with one attached hydrogen (secondary N) is 1. The molecule has 1 heterocycles. The van der Waals surface area contributed by atoms with Crippen LogP contribution in [-0.4, -0.2) is 26.5 Å². The van der Waals surface area contributed by atoms with Gasteiger partial charge in [-0.15, -0.1) is 10.2 Å². The van der Waals surface area contributed by atoms with E-state index in [-0.39, 0.29) is 17.1 Å². The van der Waals surface area contributed by atoms with Gasteiger partial charge in [-0.2, -0.15) is 5.26 Å². The summed E-state index contributed by atoms with van der Waals surface area (Å²) >= 11 is 1.23. The molecule has 0 saturated heterocycles. The number of hydrogen-bond acceptors (Lipinski definition) is 6. The van der Waals surface area contributed by atoms with Crippen LogP contribution in [0.1, 0.15) is 32.2 Å². The molecule has 2 aromatic rings. The van der Waals surface area contributed by atoms with Crippen LogP contribution < -0.4 is 11.2 Å². The third kappa shape index (κ3) is 4.49. The molecule has 1 amide bonds. The summed E-state index contributed by atoms with van der Waals surface area (Å²) in [6.07, 6.45) is 0.354. The number of anilines is 1. The van der Waals surface area contributed by atoms with E-state index in [0.29, 0.717) is 23.1 Å². The maximum Gasteiger partial charge on any atom is 0.234 e. The lowest BCUT2D eigenvalue weighted by atomic mass is 9.96. The minimum Gasteiger partial charge on any atom is -0.336 e. The Kier molecular flexibility index (Phi) is 5.46. The second-order valence-electron chi connectivity index (χ2n) is 6.29. The SMILES string of the molecule is CC(C)(C)c1nnc(SCC(=O)Nc2ccc(CC#N)cc2)n1N. The largest absolute Gasteiger partial charge is 0.336 e. The van der Waals surface area contributed by atoms with E-state index in [9.17, 15) is 4.79 Å². The molecule has 0 bridgehead atoms. The Morgan fingerprint density at radius 3 is 2.54 bits per heavy atom. The molecular formula is C16H20N6OS. The van der Waals surface area contributed by atoms with Gasteiger partial charge in [-0.1, -0.05) is 44.7 Å². The van der Waals surface area contributed by atoms with Gasteiger partial charge in [0.15, 0.2) is 5.82 Å². The van der Waals surface area contributed by atoms with Crippen LogP contribution in [0, 0.1) is 11.3 Å². The lowest BCUT2D eigenvalue weighted by molar-refractivity contribution is -0.113. The number of nitriles is 1. The molecule has 1 aromatic heterocycles. The monoisotopic (exact) mass is 344 g/mol. The summed E-state index contributed by atoms with van der Waals surface area (Å²) < 4.78 is 1.43. The Hall–Kier alpha value is -2.53. The Morgan fingerprint density at radius 1 is 1.33 bits per heavy atom. The predicted octanol–water partition coefficient (Wildman–Crippen LogP) is 2.09. The minimum absolute atomic E-state index is 0.159. The van der Waals surface area contributed by atoms with Gasteiger partial charge in [0.05, 0.1) is 18.2 Å². The fourth-order valence-electron chi connectivity index (χ4n) is 2.01. The third-order valence-corrected chi connectivity index (χ3v) is 4.13. The molecule has 0 unspecified atom stereocenters. The van der Waals surface area contributed by atoms with Crippen molar-refractivity contribution in [3.05, 3.63) is 35.7 Å². The zero-order chi connectivity index (χ0) is 17.7. The van der Waals surface area contributed by atoms with E-state index in [1.54, 1.807) is 12.1 Å². The minimum atomic E-state index is -0.214. The standard InChI is InChI=1S/C16H20N6OS/c1-16(2,3)14-20-21-15(22(14)18)24-10-13(23)19-12-6-4-11(5-7-12)8-9-17/h4-7H,8,10,18H2,1-3H3,(H,19,23). The Balaban J connectivity index is 1.92. The number of rotatable bonds is 5.